The summed E-state index contributed by atoms with van der Waals surface area (Å²) in [4.78, 5) is 24.3. The highest BCUT2D eigenvalue weighted by Crippen LogP contribution is 2.42. The Morgan fingerprint density at radius 2 is 1.30 bits per heavy atom. The zero-order valence-electron chi connectivity index (χ0n) is 16.6. The van der Waals surface area contributed by atoms with E-state index in [1.165, 1.54) is 45.6 Å². The molecule has 2 aromatic carbocycles. The third-order valence-electron chi connectivity index (χ3n) is 4.46. The molecule has 0 radical (unpaired) electrons. The van der Waals surface area contributed by atoms with E-state index in [0.29, 0.717) is 24.7 Å². The van der Waals surface area contributed by atoms with Crippen LogP contribution in [-0.4, -0.2) is 56.7 Å². The number of rotatable bonds is 7. The summed E-state index contributed by atoms with van der Waals surface area (Å²) >= 11 is 0. The van der Waals surface area contributed by atoms with E-state index in [1.807, 2.05) is 0 Å². The van der Waals surface area contributed by atoms with Crippen LogP contribution in [0.4, 0.5) is 0 Å². The first-order valence-electron chi connectivity index (χ1n) is 8.82. The highest BCUT2D eigenvalue weighted by molar-refractivity contribution is 6.36. The molecule has 0 amide bonds. The van der Waals surface area contributed by atoms with Crippen LogP contribution in [0.15, 0.2) is 30.3 Å². The van der Waals surface area contributed by atoms with E-state index in [2.05, 4.69) is 0 Å². The van der Waals surface area contributed by atoms with Crippen molar-refractivity contribution in [3.8, 4) is 28.7 Å². The van der Waals surface area contributed by atoms with Crippen LogP contribution in [0.3, 0.4) is 0 Å². The fraction of sp³-hybridized carbons (Fsp3) is 0.238. The number of carbonyl (C=O) groups is 2. The van der Waals surface area contributed by atoms with Gasteiger partial charge in [0.15, 0.2) is 23.0 Å². The lowest BCUT2D eigenvalue weighted by molar-refractivity contribution is -0.132. The Balaban J connectivity index is 2.29. The van der Waals surface area contributed by atoms with Crippen molar-refractivity contribution in [3.05, 3.63) is 41.5 Å². The van der Waals surface area contributed by atoms with Gasteiger partial charge in [-0.15, -0.1) is 0 Å². The minimum atomic E-state index is -1.43. The van der Waals surface area contributed by atoms with Crippen LogP contribution < -0.4 is 23.7 Å². The van der Waals surface area contributed by atoms with Gasteiger partial charge in [0.25, 0.3) is 0 Å². The molecule has 1 aliphatic heterocycles. The van der Waals surface area contributed by atoms with Gasteiger partial charge in [-0.1, -0.05) is 6.07 Å². The fourth-order valence-electron chi connectivity index (χ4n) is 3.17. The van der Waals surface area contributed by atoms with E-state index in [-0.39, 0.29) is 28.4 Å². The maximum atomic E-state index is 12.2. The standard InChI is InChI=1S/C21H20O9/c1-26-15-9-12(10-16(27-2)19(15)28-3)18(21(24)25)17(20(22)23)11-4-5-13-14(8-11)30-7-6-29-13/h4-5,8-10H,6-7H2,1-3H3,(H,22,23)(H,24,25)/b18-17-. The molecule has 2 aromatic rings. The summed E-state index contributed by atoms with van der Waals surface area (Å²) in [6.07, 6.45) is 0. The average molecular weight is 416 g/mol. The summed E-state index contributed by atoms with van der Waals surface area (Å²) < 4.78 is 26.7. The van der Waals surface area contributed by atoms with Crippen molar-refractivity contribution >= 4 is 23.1 Å². The number of methoxy groups -OCH3 is 3. The average Bonchev–Trinajstić information content (AvgIpc) is 2.75. The smallest absolute Gasteiger partial charge is 0.337 e. The highest BCUT2D eigenvalue weighted by Gasteiger charge is 2.27. The number of ether oxygens (including phenoxy) is 5. The van der Waals surface area contributed by atoms with Crippen molar-refractivity contribution in [2.45, 2.75) is 0 Å². The van der Waals surface area contributed by atoms with Crippen LogP contribution in [0.5, 0.6) is 28.7 Å². The minimum Gasteiger partial charge on any atom is -0.493 e. The lowest BCUT2D eigenvalue weighted by atomic mass is 9.93. The summed E-state index contributed by atoms with van der Waals surface area (Å²) in [7, 11) is 4.17. The van der Waals surface area contributed by atoms with Crippen molar-refractivity contribution in [1.82, 2.24) is 0 Å². The number of benzene rings is 2. The Labute approximate surface area is 172 Å². The zero-order chi connectivity index (χ0) is 21.8. The molecule has 30 heavy (non-hydrogen) atoms. The molecule has 1 aliphatic rings. The molecule has 1 heterocycles. The second-order valence-electron chi connectivity index (χ2n) is 6.13. The predicted molar refractivity (Wildman–Crippen MR) is 106 cm³/mol. The molecule has 3 rings (SSSR count). The van der Waals surface area contributed by atoms with Crippen molar-refractivity contribution in [2.24, 2.45) is 0 Å². The molecule has 2 N–H and O–H groups in total. The first-order chi connectivity index (χ1) is 14.4. The summed E-state index contributed by atoms with van der Waals surface area (Å²) in [5, 5.41) is 19.8. The van der Waals surface area contributed by atoms with E-state index in [0.717, 1.165) is 0 Å². The number of fused-ring (bicyclic) bond motifs is 1. The van der Waals surface area contributed by atoms with Gasteiger partial charge in [-0.25, -0.2) is 9.59 Å². The van der Waals surface area contributed by atoms with Gasteiger partial charge in [0.1, 0.15) is 13.2 Å². The molecule has 0 saturated carbocycles. The monoisotopic (exact) mass is 416 g/mol. The van der Waals surface area contributed by atoms with Gasteiger partial charge in [-0.05, 0) is 35.4 Å². The lowest BCUT2D eigenvalue weighted by Gasteiger charge is -2.20. The van der Waals surface area contributed by atoms with Gasteiger partial charge < -0.3 is 33.9 Å². The first-order valence-corrected chi connectivity index (χ1v) is 8.82. The molecule has 0 bridgehead atoms. The van der Waals surface area contributed by atoms with E-state index >= 15 is 0 Å². The molecule has 0 saturated heterocycles. The van der Waals surface area contributed by atoms with Gasteiger partial charge in [0.05, 0.1) is 32.5 Å². The van der Waals surface area contributed by atoms with E-state index in [9.17, 15) is 19.8 Å². The Morgan fingerprint density at radius 1 is 0.767 bits per heavy atom. The van der Waals surface area contributed by atoms with E-state index in [1.54, 1.807) is 6.07 Å². The van der Waals surface area contributed by atoms with E-state index < -0.39 is 23.1 Å². The Morgan fingerprint density at radius 3 is 1.80 bits per heavy atom. The predicted octanol–water partition coefficient (Wildman–Crippen LogP) is 2.56. The van der Waals surface area contributed by atoms with Crippen LogP contribution >= 0.6 is 0 Å². The molecule has 0 spiro atoms. The molecule has 0 unspecified atom stereocenters. The van der Waals surface area contributed by atoms with Gasteiger partial charge >= 0.3 is 11.9 Å². The van der Waals surface area contributed by atoms with Crippen molar-refractivity contribution in [2.75, 3.05) is 34.5 Å². The summed E-state index contributed by atoms with van der Waals surface area (Å²) in [5.74, 6) is -1.42. The molecular weight excluding hydrogens is 396 g/mol. The second kappa shape index (κ2) is 8.64. The third kappa shape index (κ3) is 3.82. The Hall–Kier alpha value is -3.88. The second-order valence-corrected chi connectivity index (χ2v) is 6.13. The molecule has 0 aliphatic carbocycles. The maximum absolute atomic E-state index is 12.2. The van der Waals surface area contributed by atoms with Gasteiger partial charge in [0.2, 0.25) is 5.75 Å². The van der Waals surface area contributed by atoms with Gasteiger partial charge in [0, 0.05) is 0 Å². The summed E-state index contributed by atoms with van der Waals surface area (Å²) in [6.45, 7) is 0.682. The van der Waals surface area contributed by atoms with Gasteiger partial charge in [-0.2, -0.15) is 0 Å². The van der Waals surface area contributed by atoms with Crippen LogP contribution in [0, 0.1) is 0 Å². The number of aliphatic carboxylic acids is 2. The topological polar surface area (TPSA) is 121 Å². The molecule has 0 fully saturated rings. The largest absolute Gasteiger partial charge is 0.493 e. The highest BCUT2D eigenvalue weighted by atomic mass is 16.6. The van der Waals surface area contributed by atoms with Crippen molar-refractivity contribution < 1.29 is 43.5 Å². The normalized spacial score (nSPS) is 13.2. The zero-order valence-corrected chi connectivity index (χ0v) is 16.6. The summed E-state index contributed by atoms with van der Waals surface area (Å²) in [5.41, 5.74) is -0.644. The van der Waals surface area contributed by atoms with Crippen LogP contribution in [0.1, 0.15) is 11.1 Å². The first kappa shape index (κ1) is 20.8. The fourth-order valence-corrected chi connectivity index (χ4v) is 3.17. The summed E-state index contributed by atoms with van der Waals surface area (Å²) in [6, 6.07) is 7.22. The van der Waals surface area contributed by atoms with Crippen LogP contribution in [0.25, 0.3) is 11.1 Å². The quantitative estimate of drug-likeness (QED) is 0.518. The molecule has 9 heteroatoms. The lowest BCUT2D eigenvalue weighted by Crippen LogP contribution is -2.16. The Kier molecular flexibility index (Phi) is 6.01. The van der Waals surface area contributed by atoms with Crippen molar-refractivity contribution in [3.63, 3.8) is 0 Å². The number of carboxylic acids is 2. The number of hydrogen-bond acceptors (Lipinski definition) is 7. The third-order valence-corrected chi connectivity index (χ3v) is 4.46. The van der Waals surface area contributed by atoms with Crippen LogP contribution in [0.2, 0.25) is 0 Å². The molecular formula is C21H20O9. The molecule has 0 aromatic heterocycles. The molecule has 158 valence electrons. The van der Waals surface area contributed by atoms with Crippen LogP contribution in [-0.2, 0) is 9.59 Å². The molecule has 0 atom stereocenters. The number of hydrogen-bond donors (Lipinski definition) is 2. The minimum absolute atomic E-state index is 0.0734. The van der Waals surface area contributed by atoms with Crippen molar-refractivity contribution in [1.29, 1.82) is 0 Å². The van der Waals surface area contributed by atoms with Gasteiger partial charge in [-0.3, -0.25) is 0 Å². The van der Waals surface area contributed by atoms with E-state index in [4.69, 9.17) is 23.7 Å². The Bertz CT molecular complexity index is 998. The maximum Gasteiger partial charge on any atom is 0.337 e. The SMILES string of the molecule is COc1cc(/C(C(=O)O)=C(/C(=O)O)c2ccc3c(c2)OCCO3)cc(OC)c1OC. The number of carboxylic acid groups (broad SMARTS) is 2. The molecule has 9 nitrogen and oxygen atoms in total.